The molecule has 6 aromatic heterocycles. The van der Waals surface area contributed by atoms with Crippen molar-refractivity contribution in [2.45, 2.75) is 13.8 Å². The summed E-state index contributed by atoms with van der Waals surface area (Å²) in [5.41, 5.74) is 37.9. The molecule has 0 radical (unpaired) electrons. The number of benzene rings is 6. The number of carbonyl (C=O) groups is 6. The number of hydrogen-bond donors (Lipinski definition) is 15. The maximum Gasteiger partial charge on any atom is 0.322 e. The van der Waals surface area contributed by atoms with Crippen molar-refractivity contribution in [3.8, 4) is 41.0 Å². The van der Waals surface area contributed by atoms with Crippen LogP contribution in [-0.2, 0) is 0 Å². The van der Waals surface area contributed by atoms with Crippen molar-refractivity contribution in [1.82, 2.24) is 89.7 Å². The van der Waals surface area contributed by atoms with E-state index in [0.29, 0.717) is 62.3 Å². The molecular weight excluding hydrogens is 1540 g/mol. The molecule has 0 atom stereocenters. The number of hydrogen-bond acceptors (Lipinski definition) is 40. The molecule has 0 saturated heterocycles. The molecule has 118 heavy (non-hydrogen) atoms. The number of anilines is 15. The summed E-state index contributed by atoms with van der Waals surface area (Å²) >= 11 is 0. The number of ether oxygens (including phenoxy) is 7. The smallest absolute Gasteiger partial charge is 0.322 e. The summed E-state index contributed by atoms with van der Waals surface area (Å²) in [6, 6.07) is 41.1. The van der Waals surface area contributed by atoms with Crippen LogP contribution in [-0.4, -0.2) is 196 Å². The van der Waals surface area contributed by atoms with Crippen LogP contribution in [0.15, 0.2) is 146 Å². The summed E-state index contributed by atoms with van der Waals surface area (Å²) in [7, 11) is 15.3. The lowest BCUT2D eigenvalue weighted by Crippen LogP contribution is -2.16. The molecule has 612 valence electrons. The zero-order valence-electron chi connectivity index (χ0n) is 65.2. The Kier molecular flexibility index (Phi) is 33.0. The van der Waals surface area contributed by atoms with E-state index in [-0.39, 0.29) is 131 Å². The maximum absolute atomic E-state index is 12.1. The SMILES string of the molecule is CNc1nc(N)nc(NC(=O)c2ccc(C)cc2)n1.CNc1nc(N)nc(NC(=O)c2ccc(OC)cc2)n1.CNc1nc(N)nc(NC(=O)c2cccc(OC)c2)n1.COc1ccc(C(=O)Nc2nc(N)nc(OC)n2)cc1.COc1cccc(C(=O)Nc2nc(N)nc(OC)n2)c1.COc1nc(N)nc(NC(=O)c2ccc(C)cc2)n1. The average Bonchev–Trinajstić information content (AvgIpc) is 0.874. The lowest BCUT2D eigenvalue weighted by atomic mass is 10.1. The molecule has 0 spiro atoms. The lowest BCUT2D eigenvalue weighted by molar-refractivity contribution is 0.101. The van der Waals surface area contributed by atoms with Crippen LogP contribution in [0.5, 0.6) is 41.0 Å². The molecule has 21 N–H and O–H groups in total. The number of methoxy groups -OCH3 is 7. The third-order valence-electron chi connectivity index (χ3n) is 14.4. The molecule has 12 aromatic rings. The summed E-state index contributed by atoms with van der Waals surface area (Å²) < 4.78 is 34.7. The highest BCUT2D eigenvalue weighted by molar-refractivity contribution is 6.06. The second kappa shape index (κ2) is 44.1. The maximum atomic E-state index is 12.1. The van der Waals surface area contributed by atoms with Crippen LogP contribution in [0.4, 0.5) is 89.2 Å². The zero-order valence-corrected chi connectivity index (χ0v) is 65.2. The van der Waals surface area contributed by atoms with E-state index in [1.807, 2.05) is 38.1 Å². The second-order valence-corrected chi connectivity index (χ2v) is 22.7. The van der Waals surface area contributed by atoms with E-state index >= 15 is 0 Å². The number of rotatable bonds is 22. The molecular formula is C72H81N33O13. The fourth-order valence-corrected chi connectivity index (χ4v) is 8.70. The van der Waals surface area contributed by atoms with Gasteiger partial charge < -0.3 is 83.5 Å². The normalized spacial score (nSPS) is 9.93. The second-order valence-electron chi connectivity index (χ2n) is 22.7. The van der Waals surface area contributed by atoms with Gasteiger partial charge in [-0.2, -0.15) is 89.7 Å². The Bertz CT molecular complexity index is 5070. The van der Waals surface area contributed by atoms with Gasteiger partial charge in [0, 0.05) is 54.5 Å². The minimum absolute atomic E-state index is 0.0159. The van der Waals surface area contributed by atoms with Crippen LogP contribution in [0.2, 0.25) is 0 Å². The number of aryl methyl sites for hydroxylation is 2. The first kappa shape index (κ1) is 88.2. The van der Waals surface area contributed by atoms with E-state index in [1.54, 1.807) is 157 Å². The van der Waals surface area contributed by atoms with Crippen molar-refractivity contribution in [2.24, 2.45) is 0 Å². The minimum atomic E-state index is -0.392. The zero-order chi connectivity index (χ0) is 85.8. The van der Waals surface area contributed by atoms with Gasteiger partial charge in [-0.3, -0.25) is 60.7 Å². The highest BCUT2D eigenvalue weighted by Crippen LogP contribution is 2.21. The number of nitrogen functional groups attached to an aromatic ring is 6. The van der Waals surface area contributed by atoms with Crippen LogP contribution >= 0.6 is 0 Å². The molecule has 0 saturated carbocycles. The fraction of sp³-hybridized carbons (Fsp3) is 0.167. The average molecular weight is 1620 g/mol. The lowest BCUT2D eigenvalue weighted by Gasteiger charge is -2.07. The van der Waals surface area contributed by atoms with Gasteiger partial charge in [0.1, 0.15) is 23.0 Å². The van der Waals surface area contributed by atoms with Crippen LogP contribution in [0.3, 0.4) is 0 Å². The Hall–Kier alpha value is -17.0. The Morgan fingerprint density at radius 1 is 0.237 bits per heavy atom. The topological polar surface area (TPSA) is 663 Å². The van der Waals surface area contributed by atoms with Crippen molar-refractivity contribution in [3.05, 3.63) is 190 Å². The number of nitrogens with zero attached hydrogens (tertiary/aromatic N) is 18. The van der Waals surface area contributed by atoms with E-state index in [9.17, 15) is 28.8 Å². The molecule has 6 heterocycles. The van der Waals surface area contributed by atoms with Crippen molar-refractivity contribution >= 4 is 125 Å². The molecule has 0 aliphatic rings. The van der Waals surface area contributed by atoms with Crippen LogP contribution in [0.1, 0.15) is 73.3 Å². The molecule has 6 aromatic carbocycles. The van der Waals surface area contributed by atoms with Gasteiger partial charge in [0.05, 0.1) is 49.8 Å². The quantitative estimate of drug-likeness (QED) is 0.0422. The van der Waals surface area contributed by atoms with Crippen molar-refractivity contribution in [1.29, 1.82) is 0 Å². The van der Waals surface area contributed by atoms with E-state index in [1.165, 1.54) is 35.5 Å². The first-order valence-corrected chi connectivity index (χ1v) is 34.0. The molecule has 0 aliphatic heterocycles. The van der Waals surface area contributed by atoms with Gasteiger partial charge in [-0.15, -0.1) is 0 Å². The number of aromatic nitrogens is 18. The number of nitrogens with one attached hydrogen (secondary N) is 9. The highest BCUT2D eigenvalue weighted by atomic mass is 16.5. The van der Waals surface area contributed by atoms with Crippen LogP contribution in [0.25, 0.3) is 0 Å². The highest BCUT2D eigenvalue weighted by Gasteiger charge is 2.18. The third kappa shape index (κ3) is 28.4. The monoisotopic (exact) mass is 1620 g/mol. The molecule has 0 unspecified atom stereocenters. The van der Waals surface area contributed by atoms with Gasteiger partial charge in [-0.05, 0) is 123 Å². The number of carbonyl (C=O) groups excluding carboxylic acids is 6. The summed E-state index contributed by atoms with van der Waals surface area (Å²) in [6.45, 7) is 3.90. The molecule has 0 fully saturated rings. The van der Waals surface area contributed by atoms with E-state index in [4.69, 9.17) is 67.6 Å². The first-order chi connectivity index (χ1) is 56.6. The fourth-order valence-electron chi connectivity index (χ4n) is 8.70. The van der Waals surface area contributed by atoms with Gasteiger partial charge in [-0.1, -0.05) is 47.5 Å². The third-order valence-corrected chi connectivity index (χ3v) is 14.4. The Balaban J connectivity index is 0.000000195. The minimum Gasteiger partial charge on any atom is -0.497 e. The van der Waals surface area contributed by atoms with Crippen molar-refractivity contribution < 1.29 is 61.9 Å². The Labute approximate surface area is 671 Å². The summed E-state index contributed by atoms with van der Waals surface area (Å²) in [6.07, 6.45) is 0. The van der Waals surface area contributed by atoms with Gasteiger partial charge in [0.2, 0.25) is 89.2 Å². The Morgan fingerprint density at radius 2 is 0.449 bits per heavy atom. The molecule has 12 rings (SSSR count). The number of nitrogens with two attached hydrogens (primary N) is 6. The van der Waals surface area contributed by atoms with Gasteiger partial charge in [-0.25, -0.2) is 0 Å². The van der Waals surface area contributed by atoms with E-state index in [0.717, 1.165) is 11.1 Å². The summed E-state index contributed by atoms with van der Waals surface area (Å²) in [4.78, 5) is 141. The van der Waals surface area contributed by atoms with Crippen LogP contribution < -0.4 is 115 Å². The first-order valence-electron chi connectivity index (χ1n) is 34.0. The van der Waals surface area contributed by atoms with E-state index in [2.05, 4.69) is 138 Å². The molecule has 46 nitrogen and oxygen atoms in total. The predicted octanol–water partition coefficient (Wildman–Crippen LogP) is 5.04. The molecule has 6 amide bonds. The van der Waals surface area contributed by atoms with Gasteiger partial charge in [0.25, 0.3) is 35.4 Å². The largest absolute Gasteiger partial charge is 0.497 e. The van der Waals surface area contributed by atoms with Crippen LogP contribution in [0, 0.1) is 13.8 Å². The molecule has 0 aliphatic carbocycles. The standard InChI is InChI=1S/2C12H14N6O2.C12H14N6O.2C12H13N5O3.C12H13N5O2/c1-14-11-16-10(13)17-12(18-11)15-9(19)7-3-5-8(20-2)6-4-7;1-14-11-16-10(13)17-12(18-11)15-9(19)7-4-3-5-8(6-7)20-2;1-7-3-5-8(6-4-7)9(19)15-12-17-10(13)16-11(14-2)18-12;1-19-8-5-3-7(4-6-8)9(18)14-11-15-10(13)16-12(17-11)20-2;1-19-8-5-3-4-7(6-8)9(18)14-11-15-10(13)16-12(17-11)20-2;1-7-3-5-8(6-4-7)9(18)14-11-15-10(13)16-12(17-11)19-2/h2*3-6H,1-2H3,(H4,13,14,15,16,17,18,19);3-6H,1-2H3,(H4,13,14,15,16,17,18,19);2*3-6H,1-2H3,(H3,13,14,15,16,17,18);3-6H,1-2H3,(H3,13,14,15,16,17,18). The molecule has 46 heteroatoms. The summed E-state index contributed by atoms with van der Waals surface area (Å²) in [5.74, 6) is 1.59. The predicted molar refractivity (Wildman–Crippen MR) is 436 cm³/mol. The Morgan fingerprint density at radius 3 is 0.678 bits per heavy atom. The summed E-state index contributed by atoms with van der Waals surface area (Å²) in [5, 5.41) is 23.4. The van der Waals surface area contributed by atoms with E-state index < -0.39 is 5.91 Å². The van der Waals surface area contributed by atoms with Crippen molar-refractivity contribution in [3.63, 3.8) is 0 Å². The van der Waals surface area contributed by atoms with Gasteiger partial charge in [0.15, 0.2) is 0 Å². The van der Waals surface area contributed by atoms with Gasteiger partial charge >= 0.3 is 18.0 Å². The molecule has 0 bridgehead atoms. The number of amides is 6. The van der Waals surface area contributed by atoms with Crippen molar-refractivity contribution in [2.75, 3.05) is 153 Å².